The topological polar surface area (TPSA) is 38.7 Å². The highest BCUT2D eigenvalue weighted by molar-refractivity contribution is 5.31. The van der Waals surface area contributed by atoms with Crippen LogP contribution in [0.3, 0.4) is 0 Å². The predicted octanol–water partition coefficient (Wildman–Crippen LogP) is 5.75. The fraction of sp³-hybridized carbons (Fsp3) is 0.714. The fourth-order valence-electron chi connectivity index (χ4n) is 2.82. The molecule has 0 aliphatic carbocycles. The van der Waals surface area contributed by atoms with Gasteiger partial charge in [-0.2, -0.15) is 0 Å². The van der Waals surface area contributed by atoms with E-state index < -0.39 is 0 Å². The minimum absolute atomic E-state index is 0.365. The van der Waals surface area contributed by atoms with E-state index in [0.29, 0.717) is 6.61 Å². The SMILES string of the molecule is CCCCCCCCCCCCC(O)COc1ccc(OC)cc1. The molecule has 3 heteroatoms. The normalized spacial score (nSPS) is 12.1. The summed E-state index contributed by atoms with van der Waals surface area (Å²) in [6, 6.07) is 7.46. The smallest absolute Gasteiger partial charge is 0.119 e. The largest absolute Gasteiger partial charge is 0.497 e. The summed E-state index contributed by atoms with van der Waals surface area (Å²) in [5.74, 6) is 1.59. The Hall–Kier alpha value is -1.22. The van der Waals surface area contributed by atoms with Crippen LogP contribution >= 0.6 is 0 Å². The van der Waals surface area contributed by atoms with Crippen LogP contribution in [0.4, 0.5) is 0 Å². The van der Waals surface area contributed by atoms with Crippen LogP contribution in [0.15, 0.2) is 24.3 Å². The van der Waals surface area contributed by atoms with E-state index >= 15 is 0 Å². The molecular weight excluding hydrogens is 300 g/mol. The summed E-state index contributed by atoms with van der Waals surface area (Å²) in [4.78, 5) is 0. The third-order valence-electron chi connectivity index (χ3n) is 4.39. The summed E-state index contributed by atoms with van der Waals surface area (Å²) in [7, 11) is 1.64. The van der Waals surface area contributed by atoms with E-state index in [9.17, 15) is 5.11 Å². The van der Waals surface area contributed by atoms with Gasteiger partial charge in [-0.25, -0.2) is 0 Å². The zero-order valence-electron chi connectivity index (χ0n) is 15.6. The number of ether oxygens (including phenoxy) is 2. The summed E-state index contributed by atoms with van der Waals surface area (Å²) in [6.45, 7) is 2.63. The van der Waals surface area contributed by atoms with Gasteiger partial charge in [0, 0.05) is 0 Å². The van der Waals surface area contributed by atoms with E-state index in [1.807, 2.05) is 24.3 Å². The summed E-state index contributed by atoms with van der Waals surface area (Å²) < 4.78 is 10.7. The van der Waals surface area contributed by atoms with Crippen LogP contribution in [0.2, 0.25) is 0 Å². The molecule has 0 spiro atoms. The first-order valence-corrected chi connectivity index (χ1v) is 9.71. The van der Waals surface area contributed by atoms with Crippen molar-refractivity contribution in [3.8, 4) is 11.5 Å². The Morgan fingerprint density at radius 2 is 1.29 bits per heavy atom. The van der Waals surface area contributed by atoms with Gasteiger partial charge in [0.15, 0.2) is 0 Å². The summed E-state index contributed by atoms with van der Waals surface area (Å²) in [6.07, 6.45) is 13.6. The first-order valence-electron chi connectivity index (χ1n) is 9.71. The third kappa shape index (κ3) is 10.5. The highest BCUT2D eigenvalue weighted by Crippen LogP contribution is 2.18. The molecule has 0 heterocycles. The Kier molecular flexibility index (Phi) is 12.3. The molecule has 1 N–H and O–H groups in total. The molecule has 0 bridgehead atoms. The van der Waals surface area contributed by atoms with E-state index in [0.717, 1.165) is 24.3 Å². The molecule has 0 radical (unpaired) electrons. The first kappa shape index (κ1) is 20.8. The van der Waals surface area contributed by atoms with Crippen LogP contribution in [0.25, 0.3) is 0 Å². The van der Waals surface area contributed by atoms with Crippen LogP contribution in [-0.4, -0.2) is 24.9 Å². The van der Waals surface area contributed by atoms with Gasteiger partial charge in [0.05, 0.1) is 13.2 Å². The van der Waals surface area contributed by atoms with E-state index in [2.05, 4.69) is 6.92 Å². The number of rotatable bonds is 15. The number of benzene rings is 1. The van der Waals surface area contributed by atoms with Crippen molar-refractivity contribution in [1.82, 2.24) is 0 Å². The van der Waals surface area contributed by atoms with Gasteiger partial charge in [0.25, 0.3) is 0 Å². The molecule has 0 aliphatic heterocycles. The van der Waals surface area contributed by atoms with E-state index in [1.165, 1.54) is 57.8 Å². The molecule has 1 aromatic rings. The Morgan fingerprint density at radius 3 is 1.83 bits per heavy atom. The lowest BCUT2D eigenvalue weighted by molar-refractivity contribution is 0.0974. The Bertz CT molecular complexity index is 389. The minimum Gasteiger partial charge on any atom is -0.497 e. The lowest BCUT2D eigenvalue weighted by Crippen LogP contribution is -2.17. The van der Waals surface area contributed by atoms with Gasteiger partial charge in [0.2, 0.25) is 0 Å². The maximum Gasteiger partial charge on any atom is 0.119 e. The Balaban J connectivity index is 1.93. The van der Waals surface area contributed by atoms with Gasteiger partial charge in [-0.3, -0.25) is 0 Å². The van der Waals surface area contributed by atoms with Crippen molar-refractivity contribution in [1.29, 1.82) is 0 Å². The van der Waals surface area contributed by atoms with Gasteiger partial charge in [0.1, 0.15) is 18.1 Å². The second-order valence-electron chi connectivity index (χ2n) is 6.61. The third-order valence-corrected chi connectivity index (χ3v) is 4.39. The van der Waals surface area contributed by atoms with Gasteiger partial charge in [-0.1, -0.05) is 71.1 Å². The van der Waals surface area contributed by atoms with Crippen molar-refractivity contribution < 1.29 is 14.6 Å². The molecule has 3 nitrogen and oxygen atoms in total. The number of aliphatic hydroxyl groups excluding tert-OH is 1. The molecule has 1 aromatic carbocycles. The van der Waals surface area contributed by atoms with Crippen molar-refractivity contribution in [2.24, 2.45) is 0 Å². The van der Waals surface area contributed by atoms with E-state index in [1.54, 1.807) is 7.11 Å². The van der Waals surface area contributed by atoms with Crippen LogP contribution in [0, 0.1) is 0 Å². The summed E-state index contributed by atoms with van der Waals surface area (Å²) in [5.41, 5.74) is 0. The zero-order chi connectivity index (χ0) is 17.5. The average molecular weight is 337 g/mol. The molecule has 1 rings (SSSR count). The summed E-state index contributed by atoms with van der Waals surface area (Å²) >= 11 is 0. The molecule has 0 aliphatic rings. The van der Waals surface area contributed by atoms with Crippen molar-refractivity contribution in [2.45, 2.75) is 83.7 Å². The second kappa shape index (κ2) is 14.2. The quantitative estimate of drug-likeness (QED) is 0.415. The number of hydrogen-bond acceptors (Lipinski definition) is 3. The Morgan fingerprint density at radius 1 is 0.792 bits per heavy atom. The van der Waals surface area contributed by atoms with Crippen LogP contribution in [0.1, 0.15) is 77.6 Å². The van der Waals surface area contributed by atoms with Crippen LogP contribution in [0.5, 0.6) is 11.5 Å². The van der Waals surface area contributed by atoms with E-state index in [4.69, 9.17) is 9.47 Å². The highest BCUT2D eigenvalue weighted by Gasteiger charge is 2.05. The number of hydrogen-bond donors (Lipinski definition) is 1. The molecular formula is C21H36O3. The zero-order valence-corrected chi connectivity index (χ0v) is 15.6. The molecule has 0 amide bonds. The molecule has 1 atom stereocenters. The maximum absolute atomic E-state index is 9.98. The monoisotopic (exact) mass is 336 g/mol. The van der Waals surface area contributed by atoms with Crippen molar-refractivity contribution >= 4 is 0 Å². The molecule has 0 aromatic heterocycles. The number of methoxy groups -OCH3 is 1. The second-order valence-corrected chi connectivity index (χ2v) is 6.61. The molecule has 0 saturated heterocycles. The fourth-order valence-corrected chi connectivity index (χ4v) is 2.82. The molecule has 1 unspecified atom stereocenters. The molecule has 0 saturated carbocycles. The summed E-state index contributed by atoms with van der Waals surface area (Å²) in [5, 5.41) is 9.98. The standard InChI is InChI=1S/C21H36O3/c1-3-4-5-6-7-8-9-10-11-12-13-19(22)18-24-21-16-14-20(23-2)15-17-21/h14-17,19,22H,3-13,18H2,1-2H3. The minimum atomic E-state index is -0.374. The molecule has 24 heavy (non-hydrogen) atoms. The van der Waals surface area contributed by atoms with Crippen molar-refractivity contribution in [2.75, 3.05) is 13.7 Å². The molecule has 0 fully saturated rings. The van der Waals surface area contributed by atoms with Crippen molar-refractivity contribution in [3.63, 3.8) is 0 Å². The Labute approximate surface area is 148 Å². The van der Waals surface area contributed by atoms with Gasteiger partial charge < -0.3 is 14.6 Å². The molecule has 138 valence electrons. The van der Waals surface area contributed by atoms with E-state index in [-0.39, 0.29) is 6.10 Å². The first-order chi connectivity index (χ1) is 11.8. The van der Waals surface area contributed by atoms with Crippen LogP contribution in [-0.2, 0) is 0 Å². The maximum atomic E-state index is 9.98. The predicted molar refractivity (Wildman–Crippen MR) is 101 cm³/mol. The van der Waals surface area contributed by atoms with Crippen molar-refractivity contribution in [3.05, 3.63) is 24.3 Å². The lowest BCUT2D eigenvalue weighted by atomic mass is 10.0. The van der Waals surface area contributed by atoms with Crippen LogP contribution < -0.4 is 9.47 Å². The highest BCUT2D eigenvalue weighted by atomic mass is 16.5. The number of aliphatic hydroxyl groups is 1. The average Bonchev–Trinajstić information content (AvgIpc) is 2.62. The van der Waals surface area contributed by atoms with Gasteiger partial charge >= 0.3 is 0 Å². The number of unbranched alkanes of at least 4 members (excludes halogenated alkanes) is 9. The lowest BCUT2D eigenvalue weighted by Gasteiger charge is -2.12. The van der Waals surface area contributed by atoms with Gasteiger partial charge in [-0.15, -0.1) is 0 Å². The van der Waals surface area contributed by atoms with Gasteiger partial charge in [-0.05, 0) is 30.7 Å².